The third-order valence-electron chi connectivity index (χ3n) is 11.5. The molecule has 56 heavy (non-hydrogen) atoms. The fraction of sp³-hybridized carbons (Fsp3) is 0.571. The van der Waals surface area contributed by atoms with Gasteiger partial charge in [0, 0.05) is 67.7 Å². The van der Waals surface area contributed by atoms with E-state index in [0.29, 0.717) is 70.5 Å². The molecule has 0 aliphatic carbocycles. The number of likely N-dealkylation sites (tertiary alicyclic amines) is 3. The molecule has 1 N–H and O–H groups in total. The second-order valence-corrected chi connectivity index (χ2v) is 21.1. The number of para-hydroxylation sites is 1. The zero-order chi connectivity index (χ0) is 39.4. The van der Waals surface area contributed by atoms with Crippen LogP contribution in [0.2, 0.25) is 0 Å². The van der Waals surface area contributed by atoms with Gasteiger partial charge in [-0.2, -0.15) is 5.10 Å². The van der Waals surface area contributed by atoms with E-state index in [1.54, 1.807) is 25.4 Å². The Labute approximate surface area is 331 Å². The van der Waals surface area contributed by atoms with Crippen LogP contribution in [0.1, 0.15) is 61.6 Å². The van der Waals surface area contributed by atoms with E-state index in [-0.39, 0.29) is 23.7 Å². The van der Waals surface area contributed by atoms with Crippen molar-refractivity contribution in [3.63, 3.8) is 0 Å². The standard InChI is InChI=1S/C42H56FN7O5S/c1-30-25-31(26-33-27-49(45-38(30)33)29-54-23-24-56(2,3)4)11-12-37(40(51)47-19-13-34(14-20-47)46-17-6-5-7-18-46)55-42(53)48-21-15-35(16-22-48)50-28-32-9-8-10-36(43)39(32)44-41(50)52/h8-10,25-27,34-35,37H,5-7,13-24,28-29H2,1-4H3,(H,44,52). The van der Waals surface area contributed by atoms with Crippen molar-refractivity contribution in [2.45, 2.75) is 83.3 Å². The summed E-state index contributed by atoms with van der Waals surface area (Å²) in [5.74, 6) is 6.50. The number of aromatic nitrogens is 2. The van der Waals surface area contributed by atoms with Crippen LogP contribution in [-0.4, -0.2) is 136 Å². The van der Waals surface area contributed by atoms with Gasteiger partial charge in [0.05, 0.1) is 17.8 Å². The molecule has 3 saturated heterocycles. The Morgan fingerprint density at radius 2 is 1.70 bits per heavy atom. The Kier molecular flexibility index (Phi) is 12.4. The molecule has 302 valence electrons. The topological polar surface area (TPSA) is 112 Å². The first-order chi connectivity index (χ1) is 26.9. The average Bonchev–Trinajstić information content (AvgIpc) is 3.61. The highest BCUT2D eigenvalue weighted by molar-refractivity contribution is 8.32. The van der Waals surface area contributed by atoms with Crippen LogP contribution in [0.3, 0.4) is 0 Å². The second kappa shape index (κ2) is 17.4. The van der Waals surface area contributed by atoms with Gasteiger partial charge in [0.1, 0.15) is 12.5 Å². The molecule has 0 radical (unpaired) electrons. The molecule has 2 aromatic carbocycles. The summed E-state index contributed by atoms with van der Waals surface area (Å²) < 4.78 is 28.0. The van der Waals surface area contributed by atoms with Crippen LogP contribution >= 0.6 is 10.0 Å². The van der Waals surface area contributed by atoms with Gasteiger partial charge in [-0.05, 0) is 113 Å². The van der Waals surface area contributed by atoms with Crippen molar-refractivity contribution in [2.75, 3.05) is 75.7 Å². The van der Waals surface area contributed by atoms with Gasteiger partial charge >= 0.3 is 12.1 Å². The predicted molar refractivity (Wildman–Crippen MR) is 218 cm³/mol. The lowest BCUT2D eigenvalue weighted by Crippen LogP contribution is -2.53. The number of piperidine rings is 3. The zero-order valence-corrected chi connectivity index (χ0v) is 34.0. The van der Waals surface area contributed by atoms with Crippen LogP contribution < -0.4 is 5.32 Å². The molecule has 0 saturated carbocycles. The predicted octanol–water partition coefficient (Wildman–Crippen LogP) is 6.00. The lowest BCUT2D eigenvalue weighted by atomic mass is 9.99. The van der Waals surface area contributed by atoms with Crippen LogP contribution in [0, 0.1) is 24.6 Å². The molecule has 14 heteroatoms. The molecule has 1 unspecified atom stereocenters. The van der Waals surface area contributed by atoms with E-state index in [0.717, 1.165) is 53.7 Å². The van der Waals surface area contributed by atoms with E-state index in [2.05, 4.69) is 40.8 Å². The molecule has 3 fully saturated rings. The maximum absolute atomic E-state index is 14.3. The number of ether oxygens (including phenoxy) is 2. The highest BCUT2D eigenvalue weighted by Crippen LogP contribution is 2.34. The number of rotatable bonds is 9. The summed E-state index contributed by atoms with van der Waals surface area (Å²) in [5, 5.41) is 8.34. The first kappa shape index (κ1) is 39.9. The highest BCUT2D eigenvalue weighted by atomic mass is 32.3. The fourth-order valence-electron chi connectivity index (χ4n) is 8.26. The third kappa shape index (κ3) is 9.61. The Balaban J connectivity index is 1.03. The van der Waals surface area contributed by atoms with Gasteiger partial charge in [0.25, 0.3) is 5.91 Å². The number of fused-ring (bicyclic) bond motifs is 2. The van der Waals surface area contributed by atoms with E-state index >= 15 is 0 Å². The van der Waals surface area contributed by atoms with Crippen LogP contribution in [0.5, 0.6) is 0 Å². The second-order valence-electron chi connectivity index (χ2n) is 16.5. The van der Waals surface area contributed by atoms with Gasteiger partial charge in [-0.15, -0.1) is 0 Å². The molecular formula is C42H56FN7O5S. The number of carbonyl (C=O) groups is 3. The maximum atomic E-state index is 14.3. The lowest BCUT2D eigenvalue weighted by Gasteiger charge is -2.41. The number of anilines is 1. The summed E-state index contributed by atoms with van der Waals surface area (Å²) in [5.41, 5.74) is 3.45. The van der Waals surface area contributed by atoms with Crippen molar-refractivity contribution in [1.82, 2.24) is 29.4 Å². The van der Waals surface area contributed by atoms with Crippen LogP contribution in [-0.2, 0) is 27.5 Å². The van der Waals surface area contributed by atoms with E-state index < -0.39 is 28.0 Å². The van der Waals surface area contributed by atoms with E-state index in [4.69, 9.17) is 14.6 Å². The fourth-order valence-corrected chi connectivity index (χ4v) is 8.88. The molecule has 4 amide bonds. The van der Waals surface area contributed by atoms with Crippen molar-refractivity contribution in [1.29, 1.82) is 0 Å². The summed E-state index contributed by atoms with van der Waals surface area (Å²) in [6.45, 7) is 7.43. The molecular weight excluding hydrogens is 734 g/mol. The molecule has 1 aromatic heterocycles. The Morgan fingerprint density at radius 1 is 0.982 bits per heavy atom. The minimum Gasteiger partial charge on any atom is -0.423 e. The first-order valence-corrected chi connectivity index (χ1v) is 23.0. The number of nitrogens with zero attached hydrogens (tertiary/aromatic N) is 6. The number of hydrogen-bond acceptors (Lipinski definition) is 7. The van der Waals surface area contributed by atoms with Crippen LogP contribution in [0.25, 0.3) is 10.9 Å². The quantitative estimate of drug-likeness (QED) is 0.209. The van der Waals surface area contributed by atoms with Gasteiger partial charge in [-0.3, -0.25) is 4.79 Å². The van der Waals surface area contributed by atoms with Gasteiger partial charge in [-0.25, -0.2) is 28.7 Å². The molecule has 0 spiro atoms. The SMILES string of the molecule is Cc1cc(C#CC(OC(=O)N2CCC(N3Cc4cccc(F)c4NC3=O)CC2)C(=O)N2CCC(N3CCCCC3)CC2)cc2cn(COCCS(C)(C)C)nc12. The molecule has 1 atom stereocenters. The summed E-state index contributed by atoms with van der Waals surface area (Å²) in [7, 11) is -0.639. The number of amides is 4. The Bertz CT molecular complexity index is 1970. The number of hydrogen-bond donors (Lipinski definition) is 1. The van der Waals surface area contributed by atoms with Crippen molar-refractivity contribution in [2.24, 2.45) is 0 Å². The lowest BCUT2D eigenvalue weighted by molar-refractivity contribution is -0.139. The highest BCUT2D eigenvalue weighted by Gasteiger charge is 2.36. The summed E-state index contributed by atoms with van der Waals surface area (Å²) in [6.07, 6.45) is 13.4. The number of urea groups is 1. The van der Waals surface area contributed by atoms with E-state index in [1.165, 1.54) is 25.3 Å². The number of nitrogens with one attached hydrogen (secondary N) is 1. The molecule has 5 heterocycles. The minimum absolute atomic E-state index is 0.132. The van der Waals surface area contributed by atoms with Gasteiger partial charge < -0.3 is 34.4 Å². The van der Waals surface area contributed by atoms with Crippen molar-refractivity contribution in [3.05, 3.63) is 59.0 Å². The molecule has 12 nitrogen and oxygen atoms in total. The third-order valence-corrected chi connectivity index (χ3v) is 12.9. The van der Waals surface area contributed by atoms with Crippen molar-refractivity contribution in [3.8, 4) is 11.8 Å². The van der Waals surface area contributed by atoms with Gasteiger partial charge in [0.2, 0.25) is 6.10 Å². The minimum atomic E-state index is -1.27. The smallest absolute Gasteiger partial charge is 0.411 e. The normalized spacial score (nSPS) is 19.6. The van der Waals surface area contributed by atoms with Gasteiger partial charge in [-0.1, -0.05) is 24.5 Å². The Hall–Kier alpha value is -4.32. The molecule has 0 bridgehead atoms. The van der Waals surface area contributed by atoms with E-state index in [9.17, 15) is 18.8 Å². The number of carbonyl (C=O) groups excluding carboxylic acids is 3. The van der Waals surface area contributed by atoms with Crippen LogP contribution in [0.4, 0.5) is 19.7 Å². The maximum Gasteiger partial charge on any atom is 0.411 e. The summed E-state index contributed by atoms with van der Waals surface area (Å²) in [4.78, 5) is 48.4. The molecule has 4 aliphatic heterocycles. The number of aryl methyl sites for hydroxylation is 1. The molecule has 7 rings (SSSR count). The van der Waals surface area contributed by atoms with E-state index in [1.807, 2.05) is 31.3 Å². The Morgan fingerprint density at radius 3 is 2.43 bits per heavy atom. The zero-order valence-electron chi connectivity index (χ0n) is 33.2. The molecule has 4 aliphatic rings. The monoisotopic (exact) mass is 789 g/mol. The first-order valence-electron chi connectivity index (χ1n) is 20.0. The summed E-state index contributed by atoms with van der Waals surface area (Å²) >= 11 is 0. The molecule has 3 aromatic rings. The number of halogens is 1. The largest absolute Gasteiger partial charge is 0.423 e. The van der Waals surface area contributed by atoms with Crippen LogP contribution in [0.15, 0.2) is 36.5 Å². The number of benzene rings is 2. The van der Waals surface area contributed by atoms with Crippen molar-refractivity contribution < 1.29 is 28.2 Å². The van der Waals surface area contributed by atoms with Crippen molar-refractivity contribution >= 4 is 44.6 Å². The average molecular weight is 790 g/mol. The summed E-state index contributed by atoms with van der Waals surface area (Å²) in [6, 6.07) is 8.65. The van der Waals surface area contributed by atoms with Gasteiger partial charge in [0.15, 0.2) is 0 Å².